The Labute approximate surface area is 103 Å². The highest BCUT2D eigenvalue weighted by molar-refractivity contribution is 5.79. The normalized spacial score (nSPS) is 20.0. The SMILES string of the molecule is CCNC1CC(=O)N(Cc2ccc(C)cc2)C1. The summed E-state index contributed by atoms with van der Waals surface area (Å²) in [6, 6.07) is 8.72. The molecule has 1 N–H and O–H groups in total. The fourth-order valence-corrected chi connectivity index (χ4v) is 2.26. The summed E-state index contributed by atoms with van der Waals surface area (Å²) in [6.07, 6.45) is 0.639. The predicted molar refractivity (Wildman–Crippen MR) is 68.7 cm³/mol. The molecule has 0 saturated carbocycles. The molecule has 1 unspecified atom stereocenters. The molecule has 2 rings (SSSR count). The van der Waals surface area contributed by atoms with E-state index in [9.17, 15) is 4.79 Å². The molecule has 1 aromatic carbocycles. The van der Waals surface area contributed by atoms with E-state index in [2.05, 4.69) is 43.4 Å². The lowest BCUT2D eigenvalue weighted by Gasteiger charge is -2.17. The Morgan fingerprint density at radius 3 is 2.71 bits per heavy atom. The smallest absolute Gasteiger partial charge is 0.224 e. The number of nitrogens with one attached hydrogen (secondary N) is 1. The molecule has 17 heavy (non-hydrogen) atoms. The number of hydrogen-bond donors (Lipinski definition) is 1. The monoisotopic (exact) mass is 232 g/mol. The van der Waals surface area contributed by atoms with Crippen molar-refractivity contribution in [2.45, 2.75) is 32.9 Å². The van der Waals surface area contributed by atoms with Crippen LogP contribution >= 0.6 is 0 Å². The van der Waals surface area contributed by atoms with Crippen LogP contribution in [-0.2, 0) is 11.3 Å². The van der Waals surface area contributed by atoms with Crippen molar-refractivity contribution >= 4 is 5.91 Å². The highest BCUT2D eigenvalue weighted by atomic mass is 16.2. The number of likely N-dealkylation sites (N-methyl/N-ethyl adjacent to an activating group) is 1. The summed E-state index contributed by atoms with van der Waals surface area (Å²) in [5.74, 6) is 0.261. The summed E-state index contributed by atoms with van der Waals surface area (Å²) in [7, 11) is 0. The molecule has 3 nitrogen and oxygen atoms in total. The molecule has 0 bridgehead atoms. The van der Waals surface area contributed by atoms with Gasteiger partial charge in [-0.3, -0.25) is 4.79 Å². The van der Waals surface area contributed by atoms with Crippen LogP contribution < -0.4 is 5.32 Å². The van der Waals surface area contributed by atoms with E-state index in [1.54, 1.807) is 0 Å². The maximum Gasteiger partial charge on any atom is 0.224 e. The Balaban J connectivity index is 1.95. The fourth-order valence-electron chi connectivity index (χ4n) is 2.26. The van der Waals surface area contributed by atoms with Gasteiger partial charge in [-0.1, -0.05) is 36.8 Å². The van der Waals surface area contributed by atoms with Crippen molar-refractivity contribution in [3.8, 4) is 0 Å². The van der Waals surface area contributed by atoms with Crippen LogP contribution in [0.15, 0.2) is 24.3 Å². The minimum atomic E-state index is 0.261. The van der Waals surface area contributed by atoms with Crippen LogP contribution in [0.3, 0.4) is 0 Å². The van der Waals surface area contributed by atoms with Gasteiger partial charge in [0.15, 0.2) is 0 Å². The molecule has 1 heterocycles. The first-order valence-electron chi connectivity index (χ1n) is 6.25. The third kappa shape index (κ3) is 3.07. The largest absolute Gasteiger partial charge is 0.337 e. The van der Waals surface area contributed by atoms with Crippen LogP contribution in [0, 0.1) is 6.92 Å². The minimum absolute atomic E-state index is 0.261. The third-order valence-corrected chi connectivity index (χ3v) is 3.20. The number of amides is 1. The average molecular weight is 232 g/mol. The topological polar surface area (TPSA) is 32.3 Å². The van der Waals surface area contributed by atoms with Gasteiger partial charge in [-0.25, -0.2) is 0 Å². The van der Waals surface area contributed by atoms with E-state index < -0.39 is 0 Å². The molecule has 0 spiro atoms. The van der Waals surface area contributed by atoms with Gasteiger partial charge in [-0.05, 0) is 19.0 Å². The number of nitrogens with zero attached hydrogens (tertiary/aromatic N) is 1. The average Bonchev–Trinajstić information content (AvgIpc) is 2.63. The quantitative estimate of drug-likeness (QED) is 0.857. The summed E-state index contributed by atoms with van der Waals surface area (Å²) in [5, 5.41) is 3.34. The van der Waals surface area contributed by atoms with Crippen molar-refractivity contribution in [3.05, 3.63) is 35.4 Å². The summed E-state index contributed by atoms with van der Waals surface area (Å²) in [5.41, 5.74) is 2.47. The van der Waals surface area contributed by atoms with Crippen molar-refractivity contribution < 1.29 is 4.79 Å². The van der Waals surface area contributed by atoms with Gasteiger partial charge in [-0.15, -0.1) is 0 Å². The van der Waals surface area contributed by atoms with Gasteiger partial charge < -0.3 is 10.2 Å². The number of hydrogen-bond acceptors (Lipinski definition) is 2. The second kappa shape index (κ2) is 5.32. The zero-order valence-electron chi connectivity index (χ0n) is 10.6. The van der Waals surface area contributed by atoms with E-state index in [-0.39, 0.29) is 5.91 Å². The van der Waals surface area contributed by atoms with Crippen LogP contribution in [-0.4, -0.2) is 29.9 Å². The second-order valence-electron chi connectivity index (χ2n) is 4.72. The predicted octanol–water partition coefficient (Wildman–Crippen LogP) is 1.71. The number of likely N-dealkylation sites (tertiary alicyclic amines) is 1. The molecule has 92 valence electrons. The summed E-state index contributed by atoms with van der Waals surface area (Å²) in [6.45, 7) is 6.65. The molecule has 1 fully saturated rings. The first-order valence-corrected chi connectivity index (χ1v) is 6.25. The van der Waals surface area contributed by atoms with Crippen molar-refractivity contribution in [1.82, 2.24) is 10.2 Å². The van der Waals surface area contributed by atoms with E-state index in [1.165, 1.54) is 11.1 Å². The Morgan fingerprint density at radius 1 is 1.35 bits per heavy atom. The summed E-state index contributed by atoms with van der Waals surface area (Å²) < 4.78 is 0. The van der Waals surface area contributed by atoms with Gasteiger partial charge in [0.05, 0.1) is 0 Å². The lowest BCUT2D eigenvalue weighted by molar-refractivity contribution is -0.128. The van der Waals surface area contributed by atoms with Gasteiger partial charge in [0, 0.05) is 25.6 Å². The summed E-state index contributed by atoms with van der Waals surface area (Å²) >= 11 is 0. The Bertz CT molecular complexity index is 386. The van der Waals surface area contributed by atoms with Gasteiger partial charge in [0.1, 0.15) is 0 Å². The molecule has 1 amide bonds. The van der Waals surface area contributed by atoms with E-state index in [1.807, 2.05) is 4.90 Å². The molecule has 0 aliphatic carbocycles. The number of benzene rings is 1. The van der Waals surface area contributed by atoms with Crippen LogP contribution in [0.5, 0.6) is 0 Å². The Kier molecular flexibility index (Phi) is 3.79. The molecular weight excluding hydrogens is 212 g/mol. The van der Waals surface area contributed by atoms with Crippen molar-refractivity contribution in [2.75, 3.05) is 13.1 Å². The Hall–Kier alpha value is -1.35. The molecular formula is C14H20N2O. The lowest BCUT2D eigenvalue weighted by Crippen LogP contribution is -2.32. The van der Waals surface area contributed by atoms with Crippen LogP contribution in [0.25, 0.3) is 0 Å². The molecule has 0 aromatic heterocycles. The van der Waals surface area contributed by atoms with E-state index in [0.29, 0.717) is 12.5 Å². The number of carbonyl (C=O) groups excluding carboxylic acids is 1. The molecule has 1 atom stereocenters. The van der Waals surface area contributed by atoms with E-state index >= 15 is 0 Å². The zero-order chi connectivity index (χ0) is 12.3. The number of aryl methyl sites for hydroxylation is 1. The molecule has 1 aliphatic heterocycles. The molecule has 1 aromatic rings. The maximum absolute atomic E-state index is 11.8. The Morgan fingerprint density at radius 2 is 2.06 bits per heavy atom. The highest BCUT2D eigenvalue weighted by Crippen LogP contribution is 2.15. The molecule has 3 heteroatoms. The van der Waals surface area contributed by atoms with Gasteiger partial charge in [0.2, 0.25) is 5.91 Å². The molecule has 1 aliphatic rings. The third-order valence-electron chi connectivity index (χ3n) is 3.20. The van der Waals surface area contributed by atoms with Crippen LogP contribution in [0.1, 0.15) is 24.5 Å². The van der Waals surface area contributed by atoms with E-state index in [4.69, 9.17) is 0 Å². The standard InChI is InChI=1S/C14H20N2O/c1-3-15-13-8-14(17)16(10-13)9-12-6-4-11(2)5-7-12/h4-7,13,15H,3,8-10H2,1-2H3. The molecule has 1 saturated heterocycles. The van der Waals surface area contributed by atoms with Crippen LogP contribution in [0.4, 0.5) is 0 Å². The second-order valence-corrected chi connectivity index (χ2v) is 4.72. The zero-order valence-corrected chi connectivity index (χ0v) is 10.6. The van der Waals surface area contributed by atoms with Crippen LogP contribution in [0.2, 0.25) is 0 Å². The first-order chi connectivity index (χ1) is 8.19. The van der Waals surface area contributed by atoms with Crippen molar-refractivity contribution in [2.24, 2.45) is 0 Å². The van der Waals surface area contributed by atoms with Crippen molar-refractivity contribution in [3.63, 3.8) is 0 Å². The lowest BCUT2D eigenvalue weighted by atomic mass is 10.1. The highest BCUT2D eigenvalue weighted by Gasteiger charge is 2.28. The number of carbonyl (C=O) groups is 1. The summed E-state index contributed by atoms with van der Waals surface area (Å²) in [4.78, 5) is 13.8. The van der Waals surface area contributed by atoms with Gasteiger partial charge >= 0.3 is 0 Å². The maximum atomic E-state index is 11.8. The number of rotatable bonds is 4. The van der Waals surface area contributed by atoms with Gasteiger partial charge in [-0.2, -0.15) is 0 Å². The van der Waals surface area contributed by atoms with E-state index in [0.717, 1.165) is 19.6 Å². The fraction of sp³-hybridized carbons (Fsp3) is 0.500. The first kappa shape index (κ1) is 12.1. The van der Waals surface area contributed by atoms with Crippen molar-refractivity contribution in [1.29, 1.82) is 0 Å². The minimum Gasteiger partial charge on any atom is -0.337 e. The molecule has 0 radical (unpaired) electrons. The van der Waals surface area contributed by atoms with Gasteiger partial charge in [0.25, 0.3) is 0 Å².